The van der Waals surface area contributed by atoms with E-state index in [1.54, 1.807) is 14.0 Å². The Morgan fingerprint density at radius 1 is 1.39 bits per heavy atom. The van der Waals surface area contributed by atoms with Crippen molar-refractivity contribution in [1.29, 1.82) is 5.26 Å². The Balaban J connectivity index is 1.93. The molecule has 0 aliphatic carbocycles. The number of guanidine groups is 1. The fraction of sp³-hybridized carbons (Fsp3) is 0.278. The average molecular weight is 383 g/mol. The van der Waals surface area contributed by atoms with Gasteiger partial charge in [-0.1, -0.05) is 0 Å². The molecule has 0 saturated heterocycles. The molecule has 2 aromatic rings. The van der Waals surface area contributed by atoms with E-state index >= 15 is 0 Å². The number of aromatic nitrogens is 2. The van der Waals surface area contributed by atoms with E-state index in [1.165, 1.54) is 40.9 Å². The second-order valence-electron chi connectivity index (χ2n) is 6.67. The van der Waals surface area contributed by atoms with Gasteiger partial charge in [-0.25, -0.2) is 9.38 Å². The summed E-state index contributed by atoms with van der Waals surface area (Å²) in [6.07, 6.45) is -0.0652. The van der Waals surface area contributed by atoms with Crippen LogP contribution in [-0.2, 0) is 17.4 Å². The zero-order valence-corrected chi connectivity index (χ0v) is 15.5. The number of aryl methyl sites for hydroxylation is 1. The van der Waals surface area contributed by atoms with Crippen LogP contribution in [0.15, 0.2) is 29.3 Å². The van der Waals surface area contributed by atoms with Crippen LogP contribution >= 0.6 is 0 Å². The summed E-state index contributed by atoms with van der Waals surface area (Å²) in [5.41, 5.74) is 5.29. The van der Waals surface area contributed by atoms with Gasteiger partial charge >= 0.3 is 0 Å². The number of hydrogen-bond donors (Lipinski definition) is 2. The summed E-state index contributed by atoms with van der Waals surface area (Å²) in [6.45, 7) is 1.60. The van der Waals surface area contributed by atoms with Gasteiger partial charge in [-0.2, -0.15) is 10.4 Å². The number of anilines is 1. The quantitative estimate of drug-likeness (QED) is 0.819. The highest BCUT2D eigenvalue weighted by Gasteiger charge is 2.38. The molecule has 1 aliphatic rings. The zero-order valence-electron chi connectivity index (χ0n) is 15.5. The van der Waals surface area contributed by atoms with Gasteiger partial charge in [-0.15, -0.1) is 0 Å². The number of nitrogens with zero attached hydrogens (tertiary/aromatic N) is 5. The van der Waals surface area contributed by atoms with Gasteiger partial charge in [0, 0.05) is 31.4 Å². The van der Waals surface area contributed by atoms with Crippen LogP contribution in [0.2, 0.25) is 0 Å². The van der Waals surface area contributed by atoms with E-state index in [2.05, 4.69) is 15.4 Å². The lowest BCUT2D eigenvalue weighted by Gasteiger charge is -2.34. The molecule has 1 aliphatic heterocycles. The first-order valence-corrected chi connectivity index (χ1v) is 8.32. The van der Waals surface area contributed by atoms with Crippen molar-refractivity contribution in [1.82, 2.24) is 14.7 Å². The molecule has 0 radical (unpaired) electrons. The molecule has 0 fully saturated rings. The lowest BCUT2D eigenvalue weighted by atomic mass is 9.87. The Morgan fingerprint density at radius 2 is 2.11 bits per heavy atom. The Labute approximate surface area is 160 Å². The number of benzene rings is 1. The highest BCUT2D eigenvalue weighted by Crippen LogP contribution is 2.35. The molecule has 1 aromatic carbocycles. The molecule has 10 heteroatoms. The standard InChI is InChI=1S/C18H18FN7O2/c1-18(8-15(27)25(2)17(21)23-18)12-6-10(4-5-13(12)19)22-16(28)14-7-11(9-20)26(3)24-14/h4-7H,8H2,1-3H3,(H2,21,23)(H,22,28). The van der Waals surface area contributed by atoms with Crippen molar-refractivity contribution in [3.8, 4) is 6.07 Å². The van der Waals surface area contributed by atoms with Crippen LogP contribution in [0.25, 0.3) is 0 Å². The number of amides is 2. The molecule has 0 saturated carbocycles. The van der Waals surface area contributed by atoms with Gasteiger partial charge in [0.05, 0.1) is 12.0 Å². The number of nitrogens with one attached hydrogen (secondary N) is 1. The normalized spacial score (nSPS) is 19.2. The van der Waals surface area contributed by atoms with E-state index in [9.17, 15) is 14.0 Å². The van der Waals surface area contributed by atoms with Gasteiger partial charge in [0.2, 0.25) is 5.91 Å². The number of carbonyl (C=O) groups excluding carboxylic acids is 2. The second kappa shape index (κ2) is 6.77. The first-order chi connectivity index (χ1) is 13.1. The third-order valence-corrected chi connectivity index (χ3v) is 4.61. The van der Waals surface area contributed by atoms with E-state index in [0.29, 0.717) is 5.69 Å². The summed E-state index contributed by atoms with van der Waals surface area (Å²) >= 11 is 0. The molecule has 1 atom stereocenters. The molecular weight excluding hydrogens is 365 g/mol. The van der Waals surface area contributed by atoms with Crippen LogP contribution < -0.4 is 11.1 Å². The van der Waals surface area contributed by atoms with Crippen LogP contribution in [-0.4, -0.2) is 39.5 Å². The van der Waals surface area contributed by atoms with E-state index in [-0.39, 0.29) is 35.2 Å². The lowest BCUT2D eigenvalue weighted by molar-refractivity contribution is -0.128. The van der Waals surface area contributed by atoms with Crippen LogP contribution in [0.1, 0.15) is 35.1 Å². The van der Waals surface area contributed by atoms with Gasteiger partial charge in [0.1, 0.15) is 17.6 Å². The second-order valence-corrected chi connectivity index (χ2v) is 6.67. The van der Waals surface area contributed by atoms with Crippen LogP contribution in [0.4, 0.5) is 10.1 Å². The fourth-order valence-electron chi connectivity index (χ4n) is 2.96. The molecule has 9 nitrogen and oxygen atoms in total. The first kappa shape index (κ1) is 19.0. The predicted octanol–water partition coefficient (Wildman–Crippen LogP) is 1.08. The number of aliphatic imine (C=N–C) groups is 1. The van der Waals surface area contributed by atoms with Crippen molar-refractivity contribution in [3.63, 3.8) is 0 Å². The maximum atomic E-state index is 14.5. The molecule has 2 heterocycles. The molecule has 2 amide bonds. The zero-order chi connectivity index (χ0) is 20.6. The molecular formula is C18H18FN7O2. The fourth-order valence-corrected chi connectivity index (χ4v) is 2.96. The smallest absolute Gasteiger partial charge is 0.276 e. The van der Waals surface area contributed by atoms with Gasteiger partial charge in [-0.3, -0.25) is 19.2 Å². The average Bonchev–Trinajstić information content (AvgIpc) is 3.02. The number of hydrogen-bond acceptors (Lipinski definition) is 6. The molecule has 144 valence electrons. The number of nitriles is 1. The highest BCUT2D eigenvalue weighted by atomic mass is 19.1. The van der Waals surface area contributed by atoms with E-state index < -0.39 is 17.3 Å². The summed E-state index contributed by atoms with van der Waals surface area (Å²) in [4.78, 5) is 30.0. The molecule has 3 N–H and O–H groups in total. The summed E-state index contributed by atoms with van der Waals surface area (Å²) in [7, 11) is 3.04. The van der Waals surface area contributed by atoms with E-state index in [1.807, 2.05) is 6.07 Å². The van der Waals surface area contributed by atoms with E-state index in [0.717, 1.165) is 0 Å². The monoisotopic (exact) mass is 383 g/mol. The highest BCUT2D eigenvalue weighted by molar-refractivity contribution is 6.03. The van der Waals surface area contributed by atoms with Gasteiger partial charge in [-0.05, 0) is 25.1 Å². The van der Waals surface area contributed by atoms with Crippen LogP contribution in [0.3, 0.4) is 0 Å². The summed E-state index contributed by atoms with van der Waals surface area (Å²) in [6, 6.07) is 7.25. The number of nitrogens with two attached hydrogens (primary N) is 1. The minimum atomic E-state index is -1.20. The van der Waals surface area contributed by atoms with Crippen LogP contribution in [0, 0.1) is 17.1 Å². The Morgan fingerprint density at radius 3 is 2.71 bits per heavy atom. The minimum Gasteiger partial charge on any atom is -0.369 e. The largest absolute Gasteiger partial charge is 0.369 e. The maximum Gasteiger partial charge on any atom is 0.276 e. The van der Waals surface area contributed by atoms with E-state index in [4.69, 9.17) is 11.0 Å². The Kier molecular flexibility index (Phi) is 4.60. The number of carbonyl (C=O) groups is 2. The lowest BCUT2D eigenvalue weighted by Crippen LogP contribution is -2.47. The van der Waals surface area contributed by atoms with Gasteiger partial charge in [0.15, 0.2) is 11.7 Å². The maximum absolute atomic E-state index is 14.5. The van der Waals surface area contributed by atoms with Crippen molar-refractivity contribution in [2.75, 3.05) is 12.4 Å². The van der Waals surface area contributed by atoms with Crippen molar-refractivity contribution >= 4 is 23.5 Å². The predicted molar refractivity (Wildman–Crippen MR) is 98.6 cm³/mol. The Hall–Kier alpha value is -3.74. The molecule has 1 unspecified atom stereocenters. The molecule has 1 aromatic heterocycles. The summed E-state index contributed by atoms with van der Waals surface area (Å²) < 4.78 is 15.8. The summed E-state index contributed by atoms with van der Waals surface area (Å²) in [5, 5.41) is 15.5. The number of halogens is 1. The third kappa shape index (κ3) is 3.29. The van der Waals surface area contributed by atoms with Crippen molar-refractivity contribution in [2.45, 2.75) is 18.9 Å². The SMILES string of the molecule is CN1C(=O)CC(C)(c2cc(NC(=O)c3cc(C#N)n(C)n3)ccc2F)N=C1N. The molecule has 28 heavy (non-hydrogen) atoms. The topological polar surface area (TPSA) is 129 Å². The number of rotatable bonds is 3. The van der Waals surface area contributed by atoms with Gasteiger partial charge < -0.3 is 11.1 Å². The first-order valence-electron chi connectivity index (χ1n) is 8.32. The van der Waals surface area contributed by atoms with Crippen molar-refractivity contribution in [3.05, 3.63) is 47.0 Å². The third-order valence-electron chi connectivity index (χ3n) is 4.61. The van der Waals surface area contributed by atoms with Gasteiger partial charge in [0.25, 0.3) is 5.91 Å². The van der Waals surface area contributed by atoms with Crippen molar-refractivity contribution < 1.29 is 14.0 Å². The Bertz CT molecular complexity index is 1050. The molecule has 3 rings (SSSR count). The van der Waals surface area contributed by atoms with Crippen LogP contribution in [0.5, 0.6) is 0 Å². The molecule has 0 spiro atoms. The summed E-state index contributed by atoms with van der Waals surface area (Å²) in [5.74, 6) is -1.42. The van der Waals surface area contributed by atoms with Crippen molar-refractivity contribution in [2.24, 2.45) is 17.8 Å². The molecule has 0 bridgehead atoms. The minimum absolute atomic E-state index is 0.00916.